The van der Waals surface area contributed by atoms with E-state index in [1.54, 1.807) is 51.8 Å². The lowest BCUT2D eigenvalue weighted by Crippen LogP contribution is -2.14. The third-order valence-corrected chi connectivity index (χ3v) is 5.30. The third-order valence-electron chi connectivity index (χ3n) is 5.30. The average Bonchev–Trinajstić information content (AvgIpc) is 3.47. The Hall–Kier alpha value is -4.21. The van der Waals surface area contributed by atoms with E-state index in [1.165, 1.54) is 0 Å². The lowest BCUT2D eigenvalue weighted by Gasteiger charge is -2.09. The highest BCUT2D eigenvalue weighted by molar-refractivity contribution is 6.03. The van der Waals surface area contributed by atoms with Crippen molar-refractivity contribution in [1.82, 2.24) is 24.4 Å². The van der Waals surface area contributed by atoms with Gasteiger partial charge in [0.1, 0.15) is 11.5 Å². The quantitative estimate of drug-likeness (QED) is 0.449. The van der Waals surface area contributed by atoms with Crippen molar-refractivity contribution in [2.45, 2.75) is 33.2 Å². The van der Waals surface area contributed by atoms with Gasteiger partial charge in [0.25, 0.3) is 5.91 Å². The van der Waals surface area contributed by atoms with Crippen LogP contribution in [0.2, 0.25) is 0 Å². The third kappa shape index (κ3) is 4.54. The van der Waals surface area contributed by atoms with Crippen molar-refractivity contribution in [2.75, 3.05) is 10.6 Å². The van der Waals surface area contributed by atoms with Crippen LogP contribution in [0.5, 0.6) is 11.5 Å². The summed E-state index contributed by atoms with van der Waals surface area (Å²) in [5.41, 5.74) is 2.39. The van der Waals surface area contributed by atoms with Gasteiger partial charge in [0.2, 0.25) is 11.9 Å². The van der Waals surface area contributed by atoms with Crippen molar-refractivity contribution < 1.29 is 14.3 Å². The molecule has 10 heteroatoms. The molecule has 2 amide bonds. The van der Waals surface area contributed by atoms with E-state index in [1.807, 2.05) is 20.0 Å². The number of ether oxygens (including phenoxy) is 1. The molecular weight excluding hydrogens is 422 g/mol. The summed E-state index contributed by atoms with van der Waals surface area (Å²) in [5, 5.41) is 14.2. The molecule has 1 fully saturated rings. The van der Waals surface area contributed by atoms with Crippen molar-refractivity contribution >= 4 is 29.1 Å². The molecule has 10 nitrogen and oxygen atoms in total. The molecule has 3 heterocycles. The Morgan fingerprint density at radius 1 is 1.09 bits per heavy atom. The predicted octanol–water partition coefficient (Wildman–Crippen LogP) is 3.65. The van der Waals surface area contributed by atoms with Crippen LogP contribution in [0, 0.1) is 12.8 Å². The number of pyridine rings is 1. The van der Waals surface area contributed by atoms with Crippen LogP contribution in [0.4, 0.5) is 11.6 Å². The van der Waals surface area contributed by atoms with Crippen molar-refractivity contribution in [3.05, 3.63) is 60.0 Å². The SMILES string of the molecule is CCn1cc(C)c(C(=O)Nc2cccc(Oc3ccc4nc(NC(=O)C5CC5)nn4c3)c2)n1. The second-order valence-electron chi connectivity index (χ2n) is 7.97. The van der Waals surface area contributed by atoms with Crippen LogP contribution in [-0.4, -0.2) is 36.2 Å². The Balaban J connectivity index is 1.29. The first kappa shape index (κ1) is 20.7. The summed E-state index contributed by atoms with van der Waals surface area (Å²) in [6.45, 7) is 4.52. The highest BCUT2D eigenvalue weighted by Gasteiger charge is 2.30. The number of hydrogen-bond acceptors (Lipinski definition) is 6. The maximum absolute atomic E-state index is 12.6. The van der Waals surface area contributed by atoms with Gasteiger partial charge in [-0.25, -0.2) is 4.52 Å². The number of fused-ring (bicyclic) bond motifs is 1. The molecule has 3 aromatic heterocycles. The Morgan fingerprint density at radius 3 is 2.70 bits per heavy atom. The van der Waals surface area contributed by atoms with E-state index in [4.69, 9.17) is 4.74 Å². The molecule has 0 radical (unpaired) electrons. The van der Waals surface area contributed by atoms with Gasteiger partial charge in [-0.05, 0) is 51.0 Å². The molecule has 168 valence electrons. The van der Waals surface area contributed by atoms with Gasteiger partial charge in [0, 0.05) is 36.0 Å². The number of rotatable bonds is 7. The van der Waals surface area contributed by atoms with Crippen LogP contribution in [0.1, 0.15) is 35.8 Å². The van der Waals surface area contributed by atoms with Crippen LogP contribution >= 0.6 is 0 Å². The van der Waals surface area contributed by atoms with E-state index >= 15 is 0 Å². The number of nitrogens with one attached hydrogen (secondary N) is 2. The fourth-order valence-corrected chi connectivity index (χ4v) is 3.41. The molecule has 0 spiro atoms. The van der Waals surface area contributed by atoms with E-state index in [0.717, 1.165) is 18.4 Å². The Morgan fingerprint density at radius 2 is 1.94 bits per heavy atom. The summed E-state index contributed by atoms with van der Waals surface area (Å²) in [5.74, 6) is 1.11. The van der Waals surface area contributed by atoms with E-state index in [2.05, 4.69) is 25.8 Å². The molecule has 1 aliphatic rings. The first-order chi connectivity index (χ1) is 16.0. The molecule has 33 heavy (non-hydrogen) atoms. The van der Waals surface area contributed by atoms with Crippen LogP contribution in [0.25, 0.3) is 5.65 Å². The molecule has 0 unspecified atom stereocenters. The molecule has 0 saturated heterocycles. The number of aromatic nitrogens is 5. The van der Waals surface area contributed by atoms with Gasteiger partial charge in [-0.15, -0.1) is 5.10 Å². The topological polar surface area (TPSA) is 115 Å². The second-order valence-corrected chi connectivity index (χ2v) is 7.97. The first-order valence-electron chi connectivity index (χ1n) is 10.8. The minimum atomic E-state index is -0.276. The maximum Gasteiger partial charge on any atom is 0.276 e. The average molecular weight is 445 g/mol. The second kappa shape index (κ2) is 8.38. The molecule has 0 bridgehead atoms. The number of carbonyl (C=O) groups is 2. The van der Waals surface area contributed by atoms with E-state index in [0.29, 0.717) is 35.1 Å². The zero-order valence-electron chi connectivity index (χ0n) is 18.3. The van der Waals surface area contributed by atoms with E-state index in [9.17, 15) is 9.59 Å². The maximum atomic E-state index is 12.6. The van der Waals surface area contributed by atoms with Crippen molar-refractivity contribution in [2.24, 2.45) is 5.92 Å². The minimum Gasteiger partial charge on any atom is -0.456 e. The summed E-state index contributed by atoms with van der Waals surface area (Å²) in [6, 6.07) is 10.6. The van der Waals surface area contributed by atoms with Crippen LogP contribution in [0.3, 0.4) is 0 Å². The highest BCUT2D eigenvalue weighted by atomic mass is 16.5. The molecule has 2 N–H and O–H groups in total. The minimum absolute atomic E-state index is 0.0436. The number of hydrogen-bond donors (Lipinski definition) is 2. The summed E-state index contributed by atoms with van der Waals surface area (Å²) in [6.07, 6.45) is 5.36. The van der Waals surface area contributed by atoms with Gasteiger partial charge < -0.3 is 10.1 Å². The van der Waals surface area contributed by atoms with Crippen molar-refractivity contribution in [1.29, 1.82) is 0 Å². The molecule has 4 aromatic rings. The fourth-order valence-electron chi connectivity index (χ4n) is 3.41. The monoisotopic (exact) mass is 445 g/mol. The predicted molar refractivity (Wildman–Crippen MR) is 121 cm³/mol. The molecule has 1 aromatic carbocycles. The van der Waals surface area contributed by atoms with Crippen LogP contribution in [0.15, 0.2) is 48.8 Å². The van der Waals surface area contributed by atoms with Gasteiger partial charge in [0.15, 0.2) is 11.3 Å². The Labute approximate surface area is 189 Å². The van der Waals surface area contributed by atoms with Crippen molar-refractivity contribution in [3.8, 4) is 11.5 Å². The highest BCUT2D eigenvalue weighted by Crippen LogP contribution is 2.30. The molecule has 1 aliphatic carbocycles. The number of aryl methyl sites for hydroxylation is 2. The fraction of sp³-hybridized carbons (Fsp3) is 0.261. The normalized spacial score (nSPS) is 13.2. The number of carbonyl (C=O) groups excluding carboxylic acids is 2. The van der Waals surface area contributed by atoms with Crippen LogP contribution in [-0.2, 0) is 11.3 Å². The lowest BCUT2D eigenvalue weighted by atomic mass is 10.2. The molecule has 1 saturated carbocycles. The van der Waals surface area contributed by atoms with Gasteiger partial charge in [-0.3, -0.25) is 19.6 Å². The first-order valence-corrected chi connectivity index (χ1v) is 10.8. The summed E-state index contributed by atoms with van der Waals surface area (Å²) in [4.78, 5) is 28.9. The summed E-state index contributed by atoms with van der Waals surface area (Å²) >= 11 is 0. The van der Waals surface area contributed by atoms with Crippen LogP contribution < -0.4 is 15.4 Å². The molecule has 0 aliphatic heterocycles. The van der Waals surface area contributed by atoms with E-state index in [-0.39, 0.29) is 23.7 Å². The van der Waals surface area contributed by atoms with Gasteiger partial charge in [-0.2, -0.15) is 10.1 Å². The Kier molecular flexibility index (Phi) is 5.25. The van der Waals surface area contributed by atoms with E-state index < -0.39 is 0 Å². The van der Waals surface area contributed by atoms with Gasteiger partial charge >= 0.3 is 0 Å². The summed E-state index contributed by atoms with van der Waals surface area (Å²) in [7, 11) is 0. The molecular formula is C23H23N7O3. The summed E-state index contributed by atoms with van der Waals surface area (Å²) < 4.78 is 9.23. The lowest BCUT2D eigenvalue weighted by molar-refractivity contribution is -0.117. The number of nitrogens with zero attached hydrogens (tertiary/aromatic N) is 5. The number of amides is 2. The number of anilines is 2. The Bertz CT molecular complexity index is 1350. The molecule has 0 atom stereocenters. The zero-order chi connectivity index (χ0) is 22.9. The van der Waals surface area contributed by atoms with Crippen molar-refractivity contribution in [3.63, 3.8) is 0 Å². The smallest absolute Gasteiger partial charge is 0.276 e. The largest absolute Gasteiger partial charge is 0.456 e. The standard InChI is InChI=1S/C23H23N7O3/c1-3-29-12-14(2)20(27-29)22(32)24-16-5-4-6-17(11-16)33-18-9-10-19-25-23(28-30(19)13-18)26-21(31)15-7-8-15/h4-6,9-13,15H,3,7-8H2,1-2H3,(H,24,32)(H,26,28,31). The zero-order valence-corrected chi connectivity index (χ0v) is 18.3. The molecule has 5 rings (SSSR count). The van der Waals surface area contributed by atoms with Gasteiger partial charge in [0.05, 0.1) is 6.20 Å². The number of benzene rings is 1. The van der Waals surface area contributed by atoms with Gasteiger partial charge in [-0.1, -0.05) is 6.07 Å².